The molecule has 0 saturated heterocycles. The molecule has 3 N–H and O–H groups in total. The van der Waals surface area contributed by atoms with Crippen LogP contribution in [0, 0.1) is 6.92 Å². The van der Waals surface area contributed by atoms with Gasteiger partial charge in [0.1, 0.15) is 5.60 Å². The molecular formula is C24H35N5O6. The molecule has 2 rings (SSSR count). The van der Waals surface area contributed by atoms with E-state index in [1.165, 1.54) is 7.11 Å². The Morgan fingerprint density at radius 2 is 1.66 bits per heavy atom. The summed E-state index contributed by atoms with van der Waals surface area (Å²) in [5, 5.41) is 16.4. The number of benzene rings is 1. The van der Waals surface area contributed by atoms with Gasteiger partial charge in [0.25, 0.3) is 5.91 Å². The number of methoxy groups -OCH3 is 1. The minimum absolute atomic E-state index is 0.278. The molecule has 192 valence electrons. The van der Waals surface area contributed by atoms with Gasteiger partial charge in [-0.15, -0.1) is 10.2 Å². The van der Waals surface area contributed by atoms with Crippen LogP contribution in [0.1, 0.15) is 36.7 Å². The number of aromatic nitrogens is 2. The van der Waals surface area contributed by atoms with Crippen molar-refractivity contribution >= 4 is 23.5 Å². The van der Waals surface area contributed by atoms with Gasteiger partial charge in [0.2, 0.25) is 5.88 Å². The number of carbonyl (C=O) groups excluding carboxylic acids is 2. The Labute approximate surface area is 205 Å². The van der Waals surface area contributed by atoms with Crippen LogP contribution in [0.2, 0.25) is 0 Å². The molecule has 11 heteroatoms. The normalized spacial score (nSPS) is 11.0. The number of rotatable bonds is 13. The van der Waals surface area contributed by atoms with E-state index in [-0.39, 0.29) is 5.91 Å². The molecule has 0 bridgehead atoms. The number of anilines is 2. The summed E-state index contributed by atoms with van der Waals surface area (Å²) < 4.78 is 21.1. The maximum atomic E-state index is 12.7. The fourth-order valence-corrected chi connectivity index (χ4v) is 2.87. The first-order valence-electron chi connectivity index (χ1n) is 11.3. The lowest BCUT2D eigenvalue weighted by Gasteiger charge is -2.19. The zero-order chi connectivity index (χ0) is 25.7. The van der Waals surface area contributed by atoms with Crippen LogP contribution in [-0.2, 0) is 14.2 Å². The van der Waals surface area contributed by atoms with E-state index in [1.54, 1.807) is 18.2 Å². The molecule has 0 fully saturated rings. The number of carbonyl (C=O) groups is 2. The molecule has 1 aromatic carbocycles. The first-order chi connectivity index (χ1) is 16.7. The molecule has 2 aromatic rings. The van der Waals surface area contributed by atoms with Crippen molar-refractivity contribution in [2.45, 2.75) is 33.3 Å². The highest BCUT2D eigenvalue weighted by Gasteiger charge is 2.15. The summed E-state index contributed by atoms with van der Waals surface area (Å²) >= 11 is 0. The first-order valence-corrected chi connectivity index (χ1v) is 11.3. The number of nitrogens with one attached hydrogen (secondary N) is 3. The van der Waals surface area contributed by atoms with Crippen molar-refractivity contribution in [3.63, 3.8) is 0 Å². The molecule has 0 aliphatic heterocycles. The Bertz CT molecular complexity index is 946. The lowest BCUT2D eigenvalue weighted by molar-refractivity contribution is 0.0415. The molecular weight excluding hydrogens is 454 g/mol. The summed E-state index contributed by atoms with van der Waals surface area (Å²) in [6.45, 7) is 9.92. The fourth-order valence-electron chi connectivity index (χ4n) is 2.87. The van der Waals surface area contributed by atoms with Crippen molar-refractivity contribution in [2.24, 2.45) is 0 Å². The maximum absolute atomic E-state index is 12.7. The van der Waals surface area contributed by atoms with Gasteiger partial charge in [0, 0.05) is 30.4 Å². The molecule has 0 aliphatic rings. The quantitative estimate of drug-likeness (QED) is 0.363. The van der Waals surface area contributed by atoms with E-state index in [0.717, 1.165) is 11.3 Å². The van der Waals surface area contributed by atoms with Crippen molar-refractivity contribution in [3.8, 4) is 5.88 Å². The minimum Gasteiger partial charge on any atom is -0.480 e. The van der Waals surface area contributed by atoms with Gasteiger partial charge in [-0.2, -0.15) is 0 Å². The molecule has 0 radical (unpaired) electrons. The fraction of sp³-hybridized carbons (Fsp3) is 0.500. The highest BCUT2D eigenvalue weighted by Crippen LogP contribution is 2.20. The van der Waals surface area contributed by atoms with Gasteiger partial charge in [0.05, 0.1) is 33.5 Å². The summed E-state index contributed by atoms with van der Waals surface area (Å²) in [6.07, 6.45) is -0.463. The van der Waals surface area contributed by atoms with Crippen LogP contribution in [0.5, 0.6) is 5.88 Å². The third-order valence-corrected chi connectivity index (χ3v) is 4.52. The van der Waals surface area contributed by atoms with Crippen LogP contribution in [0.15, 0.2) is 30.3 Å². The van der Waals surface area contributed by atoms with Crippen LogP contribution < -0.4 is 20.7 Å². The lowest BCUT2D eigenvalue weighted by Crippen LogP contribution is -2.34. The smallest absolute Gasteiger partial charge is 0.407 e. The molecule has 11 nitrogen and oxygen atoms in total. The molecule has 35 heavy (non-hydrogen) atoms. The van der Waals surface area contributed by atoms with Crippen molar-refractivity contribution in [1.29, 1.82) is 0 Å². The number of hydrogen-bond donors (Lipinski definition) is 3. The van der Waals surface area contributed by atoms with E-state index in [0.29, 0.717) is 56.8 Å². The van der Waals surface area contributed by atoms with Crippen molar-refractivity contribution in [3.05, 3.63) is 41.5 Å². The van der Waals surface area contributed by atoms with Gasteiger partial charge in [-0.3, -0.25) is 4.79 Å². The number of alkyl carbamates (subject to hydrolysis) is 1. The largest absolute Gasteiger partial charge is 0.480 e. The van der Waals surface area contributed by atoms with Crippen LogP contribution in [-0.4, -0.2) is 74.4 Å². The maximum Gasteiger partial charge on any atom is 0.407 e. The topological polar surface area (TPSA) is 133 Å². The second kappa shape index (κ2) is 14.1. The van der Waals surface area contributed by atoms with Gasteiger partial charge in [-0.25, -0.2) is 4.79 Å². The second-order valence-corrected chi connectivity index (χ2v) is 8.47. The number of hydrogen-bond acceptors (Lipinski definition) is 9. The van der Waals surface area contributed by atoms with E-state index in [2.05, 4.69) is 26.1 Å². The van der Waals surface area contributed by atoms with Crippen LogP contribution >= 0.6 is 0 Å². The van der Waals surface area contributed by atoms with Crippen LogP contribution in [0.3, 0.4) is 0 Å². The Morgan fingerprint density at radius 1 is 0.943 bits per heavy atom. The van der Waals surface area contributed by atoms with E-state index in [1.807, 2.05) is 39.8 Å². The minimum atomic E-state index is -0.522. The monoisotopic (exact) mass is 489 g/mol. The predicted octanol–water partition coefficient (Wildman–Crippen LogP) is 3.02. The zero-order valence-electron chi connectivity index (χ0n) is 21.0. The number of amides is 2. The third-order valence-electron chi connectivity index (χ3n) is 4.52. The predicted molar refractivity (Wildman–Crippen MR) is 132 cm³/mol. The Morgan fingerprint density at radius 3 is 2.29 bits per heavy atom. The highest BCUT2D eigenvalue weighted by atomic mass is 16.6. The average Bonchev–Trinajstić information content (AvgIpc) is 2.80. The van der Waals surface area contributed by atoms with Gasteiger partial charge < -0.3 is 34.9 Å². The summed E-state index contributed by atoms with van der Waals surface area (Å²) in [6, 6.07) is 8.71. The van der Waals surface area contributed by atoms with E-state index in [9.17, 15) is 9.59 Å². The third kappa shape index (κ3) is 10.6. The van der Waals surface area contributed by atoms with Crippen molar-refractivity contribution in [1.82, 2.24) is 15.5 Å². The van der Waals surface area contributed by atoms with Crippen molar-refractivity contribution in [2.75, 3.05) is 57.3 Å². The number of nitrogens with zero attached hydrogens (tertiary/aromatic N) is 2. The van der Waals surface area contributed by atoms with Gasteiger partial charge in [0.15, 0.2) is 5.82 Å². The molecule has 0 atom stereocenters. The SMILES string of the molecule is COc1ccc(NC(=O)c2cccc(NCCOCCOCCNC(=O)OC(C)(C)C)c2C)nn1. The lowest BCUT2D eigenvalue weighted by atomic mass is 10.1. The van der Waals surface area contributed by atoms with E-state index in [4.69, 9.17) is 18.9 Å². The zero-order valence-corrected chi connectivity index (χ0v) is 21.0. The highest BCUT2D eigenvalue weighted by molar-refractivity contribution is 6.05. The molecule has 2 amide bonds. The summed E-state index contributed by atoms with van der Waals surface area (Å²) in [5.74, 6) is 0.430. The average molecular weight is 490 g/mol. The molecule has 0 unspecified atom stereocenters. The van der Waals surface area contributed by atoms with Crippen LogP contribution in [0.4, 0.5) is 16.3 Å². The Kier molecular flexibility index (Phi) is 11.2. The van der Waals surface area contributed by atoms with Gasteiger partial charge in [-0.05, 0) is 51.5 Å². The summed E-state index contributed by atoms with van der Waals surface area (Å²) in [7, 11) is 1.50. The van der Waals surface area contributed by atoms with Gasteiger partial charge in [-0.1, -0.05) is 6.07 Å². The molecule has 0 saturated carbocycles. The number of ether oxygens (including phenoxy) is 4. The van der Waals surface area contributed by atoms with Gasteiger partial charge >= 0.3 is 6.09 Å². The second-order valence-electron chi connectivity index (χ2n) is 8.47. The molecule has 0 aliphatic carbocycles. The Balaban J connectivity index is 1.63. The van der Waals surface area contributed by atoms with E-state index >= 15 is 0 Å². The van der Waals surface area contributed by atoms with Crippen molar-refractivity contribution < 1.29 is 28.5 Å². The molecule has 0 spiro atoms. The first kappa shape index (κ1) is 27.8. The standard InChI is InChI=1S/C24H35N5O6/c1-17-18(22(30)27-20-9-10-21(32-5)29-28-20)7-6-8-19(17)25-11-13-33-15-16-34-14-12-26-23(31)35-24(2,3)4/h6-10,25H,11-16H2,1-5H3,(H,26,31)(H,27,28,30). The summed E-state index contributed by atoms with van der Waals surface area (Å²) in [5.41, 5.74) is 1.66. The van der Waals surface area contributed by atoms with E-state index < -0.39 is 11.7 Å². The Hall–Kier alpha value is -3.44. The molecule has 1 heterocycles. The molecule has 1 aromatic heterocycles. The summed E-state index contributed by atoms with van der Waals surface area (Å²) in [4.78, 5) is 24.2. The van der Waals surface area contributed by atoms with Crippen LogP contribution in [0.25, 0.3) is 0 Å².